The maximum absolute atomic E-state index is 3.67. The molecular formula is C63H50N2. The molecule has 0 bridgehead atoms. The van der Waals surface area contributed by atoms with Gasteiger partial charge in [0.15, 0.2) is 0 Å². The van der Waals surface area contributed by atoms with E-state index in [-0.39, 0.29) is 5.41 Å². The highest BCUT2D eigenvalue weighted by molar-refractivity contribution is 5.87. The minimum atomic E-state index is -0.185. The van der Waals surface area contributed by atoms with Crippen molar-refractivity contribution in [3.8, 4) is 55.6 Å². The van der Waals surface area contributed by atoms with Crippen molar-refractivity contribution in [1.82, 2.24) is 0 Å². The molecule has 0 saturated heterocycles. The van der Waals surface area contributed by atoms with Gasteiger partial charge in [0.25, 0.3) is 0 Å². The molecule has 1 aliphatic carbocycles. The predicted molar refractivity (Wildman–Crippen MR) is 277 cm³/mol. The second-order valence-corrected chi connectivity index (χ2v) is 17.1. The molecule has 312 valence electrons. The van der Waals surface area contributed by atoms with Crippen molar-refractivity contribution in [3.63, 3.8) is 0 Å². The number of benzene rings is 10. The van der Waals surface area contributed by atoms with Gasteiger partial charge >= 0.3 is 0 Å². The van der Waals surface area contributed by atoms with E-state index < -0.39 is 0 Å². The van der Waals surface area contributed by atoms with E-state index in [1.165, 1.54) is 66.8 Å². The topological polar surface area (TPSA) is 15.3 Å². The average molecular weight is 835 g/mol. The Hall–Kier alpha value is -8.20. The van der Waals surface area contributed by atoms with Gasteiger partial charge < -0.3 is 10.2 Å². The molecule has 0 aromatic heterocycles. The van der Waals surface area contributed by atoms with Crippen molar-refractivity contribution in [2.45, 2.75) is 19.3 Å². The van der Waals surface area contributed by atoms with Gasteiger partial charge in [0.05, 0.1) is 0 Å². The van der Waals surface area contributed by atoms with Crippen LogP contribution in [0.25, 0.3) is 55.6 Å². The summed E-state index contributed by atoms with van der Waals surface area (Å²) >= 11 is 0. The van der Waals surface area contributed by atoms with Crippen LogP contribution in [0.15, 0.2) is 261 Å². The summed E-state index contributed by atoms with van der Waals surface area (Å²) in [6.45, 7) is 4.71. The van der Waals surface area contributed by atoms with Gasteiger partial charge in [-0.2, -0.15) is 0 Å². The third-order valence-corrected chi connectivity index (χ3v) is 12.5. The molecule has 0 amide bonds. The second kappa shape index (κ2) is 18.3. The van der Waals surface area contributed by atoms with Crippen LogP contribution in [-0.4, -0.2) is 0 Å². The highest BCUT2D eigenvalue weighted by Gasteiger charge is 2.36. The molecule has 2 nitrogen and oxygen atoms in total. The number of anilines is 5. The summed E-state index contributed by atoms with van der Waals surface area (Å²) in [5, 5.41) is 3.67. The second-order valence-electron chi connectivity index (χ2n) is 17.1. The Bertz CT molecular complexity index is 3010. The monoisotopic (exact) mass is 834 g/mol. The lowest BCUT2D eigenvalue weighted by Crippen LogP contribution is -2.16. The zero-order valence-electron chi connectivity index (χ0n) is 36.8. The smallest absolute Gasteiger partial charge is 0.0465 e. The molecule has 10 aromatic rings. The standard InChI is InChI=1S/C51H40N2.C12H10/c1-51(2)49-34-43(52-42-24-18-39(19-25-42)36-12-6-3-7-13-36)26-32-47(49)48-33-31-46(35-50(48)51)53(44-27-20-40(21-28-44)37-14-8-4-9-15-37)45-29-22-41(23-30-45)38-16-10-5-11-17-38;1-3-7-11(8-4-1)12-9-5-2-6-10-12/h3-35,52H,1-2H3;1-10H. The van der Waals surface area contributed by atoms with E-state index >= 15 is 0 Å². The lowest BCUT2D eigenvalue weighted by Gasteiger charge is -2.28. The summed E-state index contributed by atoms with van der Waals surface area (Å²) < 4.78 is 0. The fraction of sp³-hybridized carbons (Fsp3) is 0.0476. The number of hydrogen-bond acceptors (Lipinski definition) is 2. The van der Waals surface area contributed by atoms with Crippen LogP contribution >= 0.6 is 0 Å². The zero-order chi connectivity index (χ0) is 44.0. The summed E-state index contributed by atoms with van der Waals surface area (Å²) in [5.74, 6) is 0. The third-order valence-electron chi connectivity index (χ3n) is 12.5. The van der Waals surface area contributed by atoms with Crippen molar-refractivity contribution in [2.24, 2.45) is 0 Å². The molecule has 2 heteroatoms. The van der Waals surface area contributed by atoms with Crippen molar-refractivity contribution in [1.29, 1.82) is 0 Å². The van der Waals surface area contributed by atoms with Crippen LogP contribution in [0.4, 0.5) is 28.4 Å². The van der Waals surface area contributed by atoms with Gasteiger partial charge in [-0.15, -0.1) is 0 Å². The summed E-state index contributed by atoms with van der Waals surface area (Å²) in [5.41, 5.74) is 20.5. The Morgan fingerprint density at radius 1 is 0.277 bits per heavy atom. The molecule has 0 aliphatic heterocycles. The van der Waals surface area contributed by atoms with E-state index in [0.29, 0.717) is 0 Å². The van der Waals surface area contributed by atoms with E-state index in [4.69, 9.17) is 0 Å². The highest BCUT2D eigenvalue weighted by atomic mass is 15.1. The van der Waals surface area contributed by atoms with Crippen LogP contribution in [-0.2, 0) is 5.41 Å². The maximum atomic E-state index is 3.67. The average Bonchev–Trinajstić information content (AvgIpc) is 3.60. The van der Waals surface area contributed by atoms with E-state index in [0.717, 1.165) is 28.4 Å². The van der Waals surface area contributed by atoms with Gasteiger partial charge in [0, 0.05) is 33.9 Å². The van der Waals surface area contributed by atoms with Gasteiger partial charge in [-0.05, 0) is 127 Å². The Morgan fingerprint density at radius 2 is 0.569 bits per heavy atom. The zero-order valence-corrected chi connectivity index (χ0v) is 36.8. The number of nitrogens with one attached hydrogen (secondary N) is 1. The number of fused-ring (bicyclic) bond motifs is 3. The first-order valence-corrected chi connectivity index (χ1v) is 22.4. The molecule has 65 heavy (non-hydrogen) atoms. The van der Waals surface area contributed by atoms with E-state index in [9.17, 15) is 0 Å². The first-order valence-electron chi connectivity index (χ1n) is 22.4. The Labute approximate surface area is 383 Å². The summed E-state index contributed by atoms with van der Waals surface area (Å²) in [6.07, 6.45) is 0. The summed E-state index contributed by atoms with van der Waals surface area (Å²) in [4.78, 5) is 2.38. The molecule has 1 aliphatic rings. The largest absolute Gasteiger partial charge is 0.356 e. The van der Waals surface area contributed by atoms with Crippen LogP contribution in [0, 0.1) is 0 Å². The van der Waals surface area contributed by atoms with Crippen LogP contribution in [0.5, 0.6) is 0 Å². The fourth-order valence-electron chi connectivity index (χ4n) is 9.06. The SMILES string of the molecule is CC1(C)c2cc(Nc3ccc(-c4ccccc4)cc3)ccc2-c2ccc(N(c3ccc(-c4ccccc4)cc3)c3ccc(-c4ccccc4)cc3)cc21.c1ccc(-c2ccccc2)cc1. The highest BCUT2D eigenvalue weighted by Crippen LogP contribution is 2.51. The molecule has 0 fully saturated rings. The van der Waals surface area contributed by atoms with Crippen molar-refractivity contribution in [3.05, 3.63) is 272 Å². The molecule has 0 atom stereocenters. The Morgan fingerprint density at radius 3 is 0.954 bits per heavy atom. The van der Waals surface area contributed by atoms with Crippen molar-refractivity contribution >= 4 is 28.4 Å². The van der Waals surface area contributed by atoms with Crippen LogP contribution in [0.3, 0.4) is 0 Å². The molecule has 10 aromatic carbocycles. The fourth-order valence-corrected chi connectivity index (χ4v) is 9.06. The number of nitrogens with zero attached hydrogens (tertiary/aromatic N) is 1. The quantitative estimate of drug-likeness (QED) is 0.156. The first kappa shape index (κ1) is 40.8. The Balaban J connectivity index is 0.000000358. The Kier molecular flexibility index (Phi) is 11.5. The molecule has 0 heterocycles. The van der Waals surface area contributed by atoms with Crippen LogP contribution in [0.1, 0.15) is 25.0 Å². The van der Waals surface area contributed by atoms with E-state index in [2.05, 4.69) is 273 Å². The molecule has 0 spiro atoms. The van der Waals surface area contributed by atoms with Crippen molar-refractivity contribution < 1.29 is 0 Å². The van der Waals surface area contributed by atoms with Gasteiger partial charge in [-0.1, -0.05) is 214 Å². The van der Waals surface area contributed by atoms with Gasteiger partial charge in [0.2, 0.25) is 0 Å². The van der Waals surface area contributed by atoms with E-state index in [1.807, 2.05) is 12.1 Å². The third kappa shape index (κ3) is 8.76. The molecular weight excluding hydrogens is 785 g/mol. The summed E-state index contributed by atoms with van der Waals surface area (Å²) in [6, 6.07) is 92.9. The molecule has 1 N–H and O–H groups in total. The molecule has 0 radical (unpaired) electrons. The van der Waals surface area contributed by atoms with Gasteiger partial charge in [-0.25, -0.2) is 0 Å². The van der Waals surface area contributed by atoms with Crippen LogP contribution in [0.2, 0.25) is 0 Å². The first-order chi connectivity index (χ1) is 32.0. The number of rotatable bonds is 9. The maximum Gasteiger partial charge on any atom is 0.0465 e. The number of hydrogen-bond donors (Lipinski definition) is 1. The van der Waals surface area contributed by atoms with Crippen molar-refractivity contribution in [2.75, 3.05) is 10.2 Å². The van der Waals surface area contributed by atoms with Gasteiger partial charge in [-0.3, -0.25) is 0 Å². The minimum Gasteiger partial charge on any atom is -0.356 e. The van der Waals surface area contributed by atoms with E-state index in [1.54, 1.807) is 0 Å². The lowest BCUT2D eigenvalue weighted by molar-refractivity contribution is 0.660. The molecule has 0 unspecified atom stereocenters. The molecule has 0 saturated carbocycles. The van der Waals surface area contributed by atoms with Crippen LogP contribution < -0.4 is 10.2 Å². The minimum absolute atomic E-state index is 0.185. The summed E-state index contributed by atoms with van der Waals surface area (Å²) in [7, 11) is 0. The predicted octanol–water partition coefficient (Wildman–Crippen LogP) is 17.6. The van der Waals surface area contributed by atoms with Gasteiger partial charge in [0.1, 0.15) is 0 Å². The normalized spacial score (nSPS) is 12.0. The lowest BCUT2D eigenvalue weighted by atomic mass is 9.82. The molecule has 11 rings (SSSR count).